The molecule has 1 aromatic rings. The van der Waals surface area contributed by atoms with Crippen LogP contribution in [-0.4, -0.2) is 12.5 Å². The number of anilines is 1. The molecular weight excluding hydrogens is 272 g/mol. The second-order valence-corrected chi connectivity index (χ2v) is 6.29. The Morgan fingerprint density at radius 3 is 3.00 bits per heavy atom. The maximum absolute atomic E-state index is 12.1. The fraction of sp³-hybridized carbons (Fsp3) is 0.562. The first-order valence-corrected chi connectivity index (χ1v) is 7.78. The van der Waals surface area contributed by atoms with E-state index in [9.17, 15) is 4.79 Å². The summed E-state index contributed by atoms with van der Waals surface area (Å²) in [5, 5.41) is 3.38. The number of carbonyl (C=O) groups is 1. The minimum atomic E-state index is -0.131. The summed E-state index contributed by atoms with van der Waals surface area (Å²) in [5.41, 5.74) is 6.65. The molecule has 2 atom stereocenters. The molecule has 110 valence electrons. The second-order valence-electron chi connectivity index (χ2n) is 5.88. The van der Waals surface area contributed by atoms with Gasteiger partial charge in [-0.25, -0.2) is 0 Å². The van der Waals surface area contributed by atoms with Crippen LogP contribution >= 0.6 is 11.6 Å². The highest BCUT2D eigenvalue weighted by Crippen LogP contribution is 2.30. The predicted octanol–water partition coefficient (Wildman–Crippen LogP) is 3.87. The van der Waals surface area contributed by atoms with Crippen LogP contribution in [0.25, 0.3) is 0 Å². The lowest BCUT2D eigenvalue weighted by molar-refractivity contribution is 0.0950. The van der Waals surface area contributed by atoms with Crippen molar-refractivity contribution in [2.75, 3.05) is 12.3 Å². The smallest absolute Gasteiger partial charge is 0.253 e. The lowest BCUT2D eigenvalue weighted by atomic mass is 9.81. The third kappa shape index (κ3) is 3.89. The molecule has 1 saturated carbocycles. The highest BCUT2D eigenvalue weighted by molar-refractivity contribution is 6.33. The number of hydrogen-bond donors (Lipinski definition) is 2. The normalized spacial score (nSPS) is 22.5. The van der Waals surface area contributed by atoms with Crippen molar-refractivity contribution in [2.45, 2.75) is 39.0 Å². The topological polar surface area (TPSA) is 55.1 Å². The van der Waals surface area contributed by atoms with Crippen molar-refractivity contribution in [3.8, 4) is 0 Å². The molecule has 0 aromatic heterocycles. The van der Waals surface area contributed by atoms with Crippen LogP contribution in [0.2, 0.25) is 5.02 Å². The predicted molar refractivity (Wildman–Crippen MR) is 83.9 cm³/mol. The average Bonchev–Trinajstić information content (AvgIpc) is 2.42. The zero-order valence-electron chi connectivity index (χ0n) is 12.0. The lowest BCUT2D eigenvalue weighted by Gasteiger charge is -2.26. The molecule has 3 N–H and O–H groups in total. The summed E-state index contributed by atoms with van der Waals surface area (Å²) < 4.78 is 0. The Morgan fingerprint density at radius 2 is 2.25 bits per heavy atom. The molecule has 0 heterocycles. The number of nitrogens with two attached hydrogens (primary N) is 1. The van der Waals surface area contributed by atoms with Crippen molar-refractivity contribution in [1.82, 2.24) is 5.32 Å². The molecule has 0 spiro atoms. The summed E-state index contributed by atoms with van der Waals surface area (Å²) in [6.07, 6.45) is 6.30. The van der Waals surface area contributed by atoms with Gasteiger partial charge in [-0.15, -0.1) is 0 Å². The summed E-state index contributed by atoms with van der Waals surface area (Å²) in [5.74, 6) is 1.44. The molecule has 0 aliphatic heterocycles. The molecule has 0 radical (unpaired) electrons. The number of nitrogens with one attached hydrogen (secondary N) is 1. The first-order valence-electron chi connectivity index (χ1n) is 7.40. The highest BCUT2D eigenvalue weighted by atomic mass is 35.5. The van der Waals surface area contributed by atoms with E-state index in [0.29, 0.717) is 22.8 Å². The van der Waals surface area contributed by atoms with Crippen LogP contribution in [0.1, 0.15) is 49.4 Å². The number of amides is 1. The van der Waals surface area contributed by atoms with Crippen LogP contribution < -0.4 is 11.1 Å². The maximum Gasteiger partial charge on any atom is 0.253 e. The van der Waals surface area contributed by atoms with Crippen molar-refractivity contribution in [3.05, 3.63) is 28.8 Å². The van der Waals surface area contributed by atoms with E-state index in [1.54, 1.807) is 18.2 Å². The van der Waals surface area contributed by atoms with Crippen molar-refractivity contribution >= 4 is 23.2 Å². The summed E-state index contributed by atoms with van der Waals surface area (Å²) in [6.45, 7) is 3.03. The van der Waals surface area contributed by atoms with Crippen molar-refractivity contribution in [2.24, 2.45) is 11.8 Å². The van der Waals surface area contributed by atoms with E-state index in [4.69, 9.17) is 17.3 Å². The van der Waals surface area contributed by atoms with Gasteiger partial charge in [0.15, 0.2) is 0 Å². The molecule has 2 unspecified atom stereocenters. The van der Waals surface area contributed by atoms with Gasteiger partial charge >= 0.3 is 0 Å². The average molecular weight is 295 g/mol. The Labute approximate surface area is 125 Å². The Morgan fingerprint density at radius 1 is 1.45 bits per heavy atom. The third-order valence-electron chi connectivity index (χ3n) is 4.18. The van der Waals surface area contributed by atoms with Gasteiger partial charge < -0.3 is 11.1 Å². The number of benzene rings is 1. The number of para-hydroxylation sites is 1. The molecule has 1 fully saturated rings. The van der Waals surface area contributed by atoms with Gasteiger partial charge in [0.05, 0.1) is 16.3 Å². The third-order valence-corrected chi connectivity index (χ3v) is 4.51. The number of rotatable bonds is 4. The van der Waals surface area contributed by atoms with Crippen LogP contribution in [0.15, 0.2) is 18.2 Å². The van der Waals surface area contributed by atoms with Gasteiger partial charge in [0.2, 0.25) is 0 Å². The van der Waals surface area contributed by atoms with Crippen molar-refractivity contribution in [1.29, 1.82) is 0 Å². The van der Waals surface area contributed by atoms with E-state index in [-0.39, 0.29) is 5.91 Å². The second kappa shape index (κ2) is 6.98. The zero-order chi connectivity index (χ0) is 14.5. The lowest BCUT2D eigenvalue weighted by Crippen LogP contribution is -2.27. The number of carbonyl (C=O) groups excluding carboxylic acids is 1. The number of hydrogen-bond acceptors (Lipinski definition) is 2. The van der Waals surface area contributed by atoms with E-state index in [1.165, 1.54) is 25.7 Å². The van der Waals surface area contributed by atoms with E-state index >= 15 is 0 Å². The summed E-state index contributed by atoms with van der Waals surface area (Å²) >= 11 is 5.92. The van der Waals surface area contributed by atoms with Crippen LogP contribution in [0.4, 0.5) is 5.69 Å². The first kappa shape index (κ1) is 15.2. The molecule has 1 aliphatic rings. The van der Waals surface area contributed by atoms with Crippen LogP contribution in [0, 0.1) is 11.8 Å². The van der Waals surface area contributed by atoms with E-state index in [2.05, 4.69) is 12.2 Å². The number of nitrogen functional groups attached to an aromatic ring is 1. The molecule has 1 aliphatic carbocycles. The summed E-state index contributed by atoms with van der Waals surface area (Å²) in [7, 11) is 0. The number of halogens is 1. The summed E-state index contributed by atoms with van der Waals surface area (Å²) in [4.78, 5) is 12.1. The standard InChI is InChI=1S/C16H23ClN2O/c1-11-4-2-5-12(10-11)8-9-19-16(20)13-6-3-7-14(17)15(13)18/h3,6-7,11-12H,2,4-5,8-10,18H2,1H3,(H,19,20). The van der Waals surface area contributed by atoms with Crippen molar-refractivity contribution in [3.63, 3.8) is 0 Å². The van der Waals surface area contributed by atoms with Gasteiger partial charge in [0, 0.05) is 6.54 Å². The zero-order valence-corrected chi connectivity index (χ0v) is 12.7. The molecule has 3 nitrogen and oxygen atoms in total. The molecule has 1 aromatic carbocycles. The highest BCUT2D eigenvalue weighted by Gasteiger charge is 2.19. The minimum absolute atomic E-state index is 0.131. The SMILES string of the molecule is CC1CCCC(CCNC(=O)c2cccc(Cl)c2N)C1. The Hall–Kier alpha value is -1.22. The quantitative estimate of drug-likeness (QED) is 0.828. The Bertz CT molecular complexity index is 476. The Kier molecular flexibility index (Phi) is 5.30. The Balaban J connectivity index is 1.82. The molecule has 20 heavy (non-hydrogen) atoms. The van der Waals surface area contributed by atoms with E-state index in [0.717, 1.165) is 18.3 Å². The van der Waals surface area contributed by atoms with Crippen molar-refractivity contribution < 1.29 is 4.79 Å². The monoisotopic (exact) mass is 294 g/mol. The molecule has 0 saturated heterocycles. The van der Waals surface area contributed by atoms with E-state index < -0.39 is 0 Å². The molecule has 0 bridgehead atoms. The van der Waals surface area contributed by atoms with Gasteiger partial charge in [0.25, 0.3) is 5.91 Å². The van der Waals surface area contributed by atoms with Gasteiger partial charge in [-0.05, 0) is 36.8 Å². The maximum atomic E-state index is 12.1. The molecular formula is C16H23ClN2O. The van der Waals surface area contributed by atoms with Crippen LogP contribution in [0.3, 0.4) is 0 Å². The van der Waals surface area contributed by atoms with Gasteiger partial charge in [-0.2, -0.15) is 0 Å². The van der Waals surface area contributed by atoms with E-state index in [1.807, 2.05) is 0 Å². The fourth-order valence-corrected chi connectivity index (χ4v) is 3.22. The fourth-order valence-electron chi connectivity index (χ4n) is 3.04. The van der Waals surface area contributed by atoms with Gasteiger partial charge in [-0.1, -0.05) is 43.9 Å². The summed E-state index contributed by atoms with van der Waals surface area (Å²) in [6, 6.07) is 5.15. The molecule has 1 amide bonds. The van der Waals surface area contributed by atoms with Crippen LogP contribution in [-0.2, 0) is 0 Å². The van der Waals surface area contributed by atoms with Crippen LogP contribution in [0.5, 0.6) is 0 Å². The first-order chi connectivity index (χ1) is 9.58. The minimum Gasteiger partial charge on any atom is -0.397 e. The molecule has 2 rings (SSSR count). The molecule has 4 heteroatoms. The largest absolute Gasteiger partial charge is 0.397 e. The van der Waals surface area contributed by atoms with Gasteiger partial charge in [0.1, 0.15) is 0 Å². The van der Waals surface area contributed by atoms with Gasteiger partial charge in [-0.3, -0.25) is 4.79 Å².